The largest absolute Gasteiger partial charge is 0.492 e. The second-order valence-corrected chi connectivity index (χ2v) is 5.21. The number of nitrogens with zero attached hydrogens (tertiary/aromatic N) is 3. The molecule has 6 nitrogen and oxygen atoms in total. The van der Waals surface area contributed by atoms with Crippen molar-refractivity contribution in [1.82, 2.24) is 9.55 Å². The summed E-state index contributed by atoms with van der Waals surface area (Å²) in [6.07, 6.45) is 0. The first-order chi connectivity index (χ1) is 11.8. The van der Waals surface area contributed by atoms with Gasteiger partial charge in [0.05, 0.1) is 35.8 Å². The molecular formula is C18H18N4O2. The maximum atomic E-state index is 9.01. The lowest BCUT2D eigenvalue weighted by Gasteiger charge is -2.11. The van der Waals surface area contributed by atoms with Gasteiger partial charge in [-0.3, -0.25) is 0 Å². The zero-order valence-electron chi connectivity index (χ0n) is 13.1. The molecule has 6 heteroatoms. The van der Waals surface area contributed by atoms with Crippen molar-refractivity contribution in [2.75, 3.05) is 25.1 Å². The Bertz CT molecular complexity index is 850. The second-order valence-electron chi connectivity index (χ2n) is 5.21. The number of benzene rings is 2. The quantitative estimate of drug-likeness (QED) is 0.698. The smallest absolute Gasteiger partial charge is 0.204 e. The van der Waals surface area contributed by atoms with Crippen LogP contribution in [0.5, 0.6) is 5.75 Å². The Kier molecular flexibility index (Phi) is 4.94. The first kappa shape index (κ1) is 15.8. The number of aromatic nitrogens is 2. The Morgan fingerprint density at radius 1 is 1.17 bits per heavy atom. The minimum absolute atomic E-state index is 0.0466. The number of hydrogen-bond donors (Lipinski definition) is 2. The molecule has 122 valence electrons. The standard InChI is InChI=1S/C18H18N4O2/c19-13-14-5-7-15(8-6-14)24-12-10-22-17-4-2-1-3-16(17)21-18(22)20-9-11-23/h1-8,23H,9-12H2,(H,20,21). The van der Waals surface area contributed by atoms with Crippen molar-refractivity contribution in [3.8, 4) is 11.8 Å². The van der Waals surface area contributed by atoms with Crippen LogP contribution in [0, 0.1) is 11.3 Å². The number of nitriles is 1. The number of rotatable bonds is 7. The highest BCUT2D eigenvalue weighted by molar-refractivity contribution is 5.78. The Hall–Kier alpha value is -3.04. The van der Waals surface area contributed by atoms with Gasteiger partial charge < -0.3 is 19.7 Å². The van der Waals surface area contributed by atoms with Gasteiger partial charge in [0.2, 0.25) is 5.95 Å². The molecule has 0 unspecified atom stereocenters. The van der Waals surface area contributed by atoms with Gasteiger partial charge in [0.15, 0.2) is 0 Å². The van der Waals surface area contributed by atoms with Gasteiger partial charge in [-0.1, -0.05) is 12.1 Å². The highest BCUT2D eigenvalue weighted by Gasteiger charge is 2.09. The van der Waals surface area contributed by atoms with E-state index in [1.54, 1.807) is 24.3 Å². The summed E-state index contributed by atoms with van der Waals surface area (Å²) in [7, 11) is 0. The molecule has 0 aliphatic heterocycles. The Labute approximate surface area is 139 Å². The maximum absolute atomic E-state index is 9.01. The monoisotopic (exact) mass is 322 g/mol. The third-order valence-electron chi connectivity index (χ3n) is 3.62. The van der Waals surface area contributed by atoms with Crippen molar-refractivity contribution < 1.29 is 9.84 Å². The molecular weight excluding hydrogens is 304 g/mol. The fourth-order valence-electron chi connectivity index (χ4n) is 2.48. The molecule has 0 bridgehead atoms. The normalized spacial score (nSPS) is 10.5. The summed E-state index contributed by atoms with van der Waals surface area (Å²) < 4.78 is 7.79. The molecule has 3 rings (SSSR count). The number of fused-ring (bicyclic) bond motifs is 1. The molecule has 0 fully saturated rings. The predicted octanol–water partition coefficient (Wildman–Crippen LogP) is 2.39. The Balaban J connectivity index is 1.72. The summed E-state index contributed by atoms with van der Waals surface area (Å²) in [5.74, 6) is 1.44. The lowest BCUT2D eigenvalue weighted by atomic mass is 10.2. The third kappa shape index (κ3) is 3.47. The van der Waals surface area contributed by atoms with Crippen molar-refractivity contribution in [3.63, 3.8) is 0 Å². The van der Waals surface area contributed by atoms with Crippen LogP contribution in [0.1, 0.15) is 5.56 Å². The number of ether oxygens (including phenoxy) is 1. The van der Waals surface area contributed by atoms with E-state index >= 15 is 0 Å². The topological polar surface area (TPSA) is 83.1 Å². The summed E-state index contributed by atoms with van der Waals surface area (Å²) >= 11 is 0. The predicted molar refractivity (Wildman–Crippen MR) is 92.0 cm³/mol. The summed E-state index contributed by atoms with van der Waals surface area (Å²) in [6, 6.07) is 17.0. The molecule has 2 aromatic carbocycles. The molecule has 0 radical (unpaired) electrons. The highest BCUT2D eigenvalue weighted by atomic mass is 16.5. The number of hydrogen-bond acceptors (Lipinski definition) is 5. The van der Waals surface area contributed by atoms with E-state index in [9.17, 15) is 0 Å². The first-order valence-corrected chi connectivity index (χ1v) is 7.75. The minimum atomic E-state index is 0.0466. The Morgan fingerprint density at radius 2 is 1.96 bits per heavy atom. The zero-order valence-corrected chi connectivity index (χ0v) is 13.1. The van der Waals surface area contributed by atoms with Gasteiger partial charge in [-0.2, -0.15) is 5.26 Å². The average Bonchev–Trinajstić information content (AvgIpc) is 2.98. The molecule has 1 heterocycles. The van der Waals surface area contributed by atoms with Gasteiger partial charge in [0.25, 0.3) is 0 Å². The summed E-state index contributed by atoms with van der Waals surface area (Å²) in [5, 5.41) is 20.9. The van der Waals surface area contributed by atoms with Crippen molar-refractivity contribution in [3.05, 3.63) is 54.1 Å². The molecule has 0 aliphatic carbocycles. The van der Waals surface area contributed by atoms with E-state index in [2.05, 4.69) is 16.4 Å². The van der Waals surface area contributed by atoms with Gasteiger partial charge in [-0.25, -0.2) is 4.98 Å². The molecule has 3 aromatic rings. The van der Waals surface area contributed by atoms with Gasteiger partial charge >= 0.3 is 0 Å². The van der Waals surface area contributed by atoms with Crippen LogP contribution >= 0.6 is 0 Å². The van der Waals surface area contributed by atoms with Crippen LogP contribution in [0.4, 0.5) is 5.95 Å². The molecule has 24 heavy (non-hydrogen) atoms. The van der Waals surface area contributed by atoms with Crippen LogP contribution in [-0.2, 0) is 6.54 Å². The Morgan fingerprint density at radius 3 is 2.71 bits per heavy atom. The first-order valence-electron chi connectivity index (χ1n) is 7.75. The number of aliphatic hydroxyl groups is 1. The number of aliphatic hydroxyl groups excluding tert-OH is 1. The average molecular weight is 322 g/mol. The van der Waals surface area contributed by atoms with Crippen molar-refractivity contribution in [2.45, 2.75) is 6.54 Å². The van der Waals surface area contributed by atoms with Crippen LogP contribution in [0.2, 0.25) is 0 Å². The number of imidazole rings is 1. The van der Waals surface area contributed by atoms with Crippen molar-refractivity contribution in [1.29, 1.82) is 5.26 Å². The molecule has 0 amide bonds. The van der Waals surface area contributed by atoms with Crippen LogP contribution in [-0.4, -0.2) is 34.4 Å². The van der Waals surface area contributed by atoms with Gasteiger partial charge in [0.1, 0.15) is 12.4 Å². The minimum Gasteiger partial charge on any atom is -0.492 e. The lowest BCUT2D eigenvalue weighted by molar-refractivity contribution is 0.299. The maximum Gasteiger partial charge on any atom is 0.204 e. The summed E-state index contributed by atoms with van der Waals surface area (Å²) in [6.45, 7) is 1.58. The summed E-state index contributed by atoms with van der Waals surface area (Å²) in [4.78, 5) is 4.55. The van der Waals surface area contributed by atoms with Gasteiger partial charge in [-0.05, 0) is 36.4 Å². The number of para-hydroxylation sites is 2. The van der Waals surface area contributed by atoms with Crippen molar-refractivity contribution >= 4 is 17.0 Å². The number of anilines is 1. The van der Waals surface area contributed by atoms with Gasteiger partial charge in [0, 0.05) is 6.54 Å². The summed E-state index contributed by atoms with van der Waals surface area (Å²) in [5.41, 5.74) is 2.52. The van der Waals surface area contributed by atoms with Crippen molar-refractivity contribution in [2.24, 2.45) is 0 Å². The van der Waals surface area contributed by atoms with E-state index < -0.39 is 0 Å². The molecule has 2 N–H and O–H groups in total. The van der Waals surface area contributed by atoms with E-state index in [1.807, 2.05) is 28.8 Å². The van der Waals surface area contributed by atoms with E-state index in [1.165, 1.54) is 0 Å². The number of nitrogens with one attached hydrogen (secondary N) is 1. The van der Waals surface area contributed by atoms with E-state index in [0.717, 1.165) is 16.8 Å². The molecule has 0 saturated heterocycles. The van der Waals surface area contributed by atoms with E-state index in [0.29, 0.717) is 31.2 Å². The lowest BCUT2D eigenvalue weighted by Crippen LogP contribution is -2.14. The third-order valence-corrected chi connectivity index (χ3v) is 3.62. The molecule has 0 saturated carbocycles. The molecule has 1 aromatic heterocycles. The fraction of sp³-hybridized carbons (Fsp3) is 0.222. The van der Waals surface area contributed by atoms with Crippen LogP contribution in [0.3, 0.4) is 0 Å². The molecule has 0 aliphatic rings. The fourth-order valence-corrected chi connectivity index (χ4v) is 2.48. The van der Waals surface area contributed by atoms with Crippen LogP contribution < -0.4 is 10.1 Å². The van der Waals surface area contributed by atoms with E-state index in [4.69, 9.17) is 15.1 Å². The van der Waals surface area contributed by atoms with Gasteiger partial charge in [-0.15, -0.1) is 0 Å². The molecule has 0 spiro atoms. The molecule has 0 atom stereocenters. The second kappa shape index (κ2) is 7.49. The zero-order chi connectivity index (χ0) is 16.8. The van der Waals surface area contributed by atoms with Crippen LogP contribution in [0.25, 0.3) is 11.0 Å². The highest BCUT2D eigenvalue weighted by Crippen LogP contribution is 2.19. The van der Waals surface area contributed by atoms with E-state index in [-0.39, 0.29) is 6.61 Å². The SMILES string of the molecule is N#Cc1ccc(OCCn2c(NCCO)nc3ccccc32)cc1. The van der Waals surface area contributed by atoms with Crippen LogP contribution in [0.15, 0.2) is 48.5 Å².